The molecule has 1 amide bonds. The van der Waals surface area contributed by atoms with Crippen LogP contribution in [0, 0.1) is 12.7 Å². The van der Waals surface area contributed by atoms with Gasteiger partial charge in [0.25, 0.3) is 0 Å². The number of nitrogens with one attached hydrogen (secondary N) is 1. The molecule has 0 spiro atoms. The van der Waals surface area contributed by atoms with Crippen LogP contribution in [0.2, 0.25) is 0 Å². The van der Waals surface area contributed by atoms with Crippen LogP contribution in [0.5, 0.6) is 0 Å². The van der Waals surface area contributed by atoms with E-state index < -0.39 is 26.8 Å². The number of rotatable bonds is 7. The van der Waals surface area contributed by atoms with Crippen LogP contribution in [-0.2, 0) is 19.4 Å². The van der Waals surface area contributed by atoms with Gasteiger partial charge in [-0.3, -0.25) is 4.79 Å². The van der Waals surface area contributed by atoms with Gasteiger partial charge < -0.3 is 10.1 Å². The normalized spacial score (nSPS) is 12.8. The van der Waals surface area contributed by atoms with Crippen molar-refractivity contribution in [3.05, 3.63) is 52.0 Å². The number of thiophene rings is 1. The van der Waals surface area contributed by atoms with Crippen LogP contribution in [0.15, 0.2) is 40.6 Å². The zero-order valence-corrected chi connectivity index (χ0v) is 14.9. The summed E-state index contributed by atoms with van der Waals surface area (Å²) in [5.74, 6) is -0.862. The maximum atomic E-state index is 13.4. The van der Waals surface area contributed by atoms with Crippen LogP contribution in [0.25, 0.3) is 0 Å². The van der Waals surface area contributed by atoms with Crippen molar-refractivity contribution in [2.75, 3.05) is 20.3 Å². The van der Waals surface area contributed by atoms with Gasteiger partial charge >= 0.3 is 0 Å². The first-order valence-corrected chi connectivity index (χ1v) is 9.58. The summed E-state index contributed by atoms with van der Waals surface area (Å²) in [6, 6.07) is 7.13. The molecule has 0 saturated heterocycles. The highest BCUT2D eigenvalue weighted by Crippen LogP contribution is 2.32. The average molecular weight is 371 g/mol. The fourth-order valence-corrected chi connectivity index (χ4v) is 5.05. The Morgan fingerprint density at radius 2 is 2.12 bits per heavy atom. The van der Waals surface area contributed by atoms with Crippen LogP contribution >= 0.6 is 11.3 Å². The molecule has 1 heterocycles. The molecule has 0 unspecified atom stereocenters. The number of methoxy groups -OCH3 is 1. The maximum Gasteiger partial charge on any atom is 0.246 e. The molecule has 130 valence electrons. The summed E-state index contributed by atoms with van der Waals surface area (Å²) < 4.78 is 44.1. The van der Waals surface area contributed by atoms with Gasteiger partial charge in [-0.05, 0) is 42.1 Å². The van der Waals surface area contributed by atoms with Gasteiger partial charge in [0.2, 0.25) is 5.91 Å². The SMILES string of the molecule is COCC(=O)NC[C@@H](c1cccs1)S(=O)(=O)c1ccc(F)c(C)c1. The van der Waals surface area contributed by atoms with E-state index in [0.717, 1.165) is 6.07 Å². The van der Waals surface area contributed by atoms with Gasteiger partial charge in [0.1, 0.15) is 17.7 Å². The van der Waals surface area contributed by atoms with Crippen LogP contribution in [0.4, 0.5) is 4.39 Å². The second-order valence-corrected chi connectivity index (χ2v) is 8.31. The minimum atomic E-state index is -3.79. The van der Waals surface area contributed by atoms with E-state index in [1.165, 1.54) is 37.5 Å². The molecule has 0 aliphatic carbocycles. The standard InChI is InChI=1S/C16H18FNO4S2/c1-11-8-12(5-6-13(11)17)24(20,21)15(14-4-3-7-23-14)9-18-16(19)10-22-2/h3-8,15H,9-10H2,1-2H3,(H,18,19)/t15-/m0/s1. The zero-order valence-electron chi connectivity index (χ0n) is 13.3. The van der Waals surface area contributed by atoms with Crippen molar-refractivity contribution >= 4 is 27.1 Å². The molecule has 2 aromatic rings. The summed E-state index contributed by atoms with van der Waals surface area (Å²) in [6.07, 6.45) is 0. The lowest BCUT2D eigenvalue weighted by Crippen LogP contribution is -2.33. The molecule has 1 aromatic carbocycles. The number of sulfone groups is 1. The number of ether oxygens (including phenoxy) is 1. The van der Waals surface area contributed by atoms with Crippen molar-refractivity contribution < 1.29 is 22.3 Å². The van der Waals surface area contributed by atoms with Crippen molar-refractivity contribution in [2.24, 2.45) is 0 Å². The summed E-state index contributed by atoms with van der Waals surface area (Å²) in [7, 11) is -2.40. The third kappa shape index (κ3) is 4.19. The third-order valence-electron chi connectivity index (χ3n) is 3.45. The quantitative estimate of drug-likeness (QED) is 0.759. The first-order valence-electron chi connectivity index (χ1n) is 7.15. The van der Waals surface area contributed by atoms with E-state index in [1.54, 1.807) is 17.5 Å². The van der Waals surface area contributed by atoms with Crippen molar-refractivity contribution in [3.8, 4) is 0 Å². The number of hydrogen-bond acceptors (Lipinski definition) is 5. The fraction of sp³-hybridized carbons (Fsp3) is 0.312. The highest BCUT2D eigenvalue weighted by Gasteiger charge is 2.30. The van der Waals surface area contributed by atoms with Gasteiger partial charge in [0, 0.05) is 18.5 Å². The maximum absolute atomic E-state index is 13.4. The van der Waals surface area contributed by atoms with Gasteiger partial charge in [0.15, 0.2) is 9.84 Å². The Hall–Kier alpha value is -1.77. The number of aryl methyl sites for hydroxylation is 1. The van der Waals surface area contributed by atoms with Crippen LogP contribution in [-0.4, -0.2) is 34.6 Å². The second kappa shape index (κ2) is 7.87. The Bertz CT molecular complexity index is 803. The number of carbonyl (C=O) groups excluding carboxylic acids is 1. The highest BCUT2D eigenvalue weighted by atomic mass is 32.2. The van der Waals surface area contributed by atoms with E-state index in [9.17, 15) is 17.6 Å². The minimum absolute atomic E-state index is 0.0285. The van der Waals surface area contributed by atoms with Gasteiger partial charge in [0.05, 0.1) is 4.90 Å². The molecule has 0 bridgehead atoms. The number of benzene rings is 1. The van der Waals surface area contributed by atoms with Gasteiger partial charge in [-0.1, -0.05) is 6.07 Å². The molecule has 24 heavy (non-hydrogen) atoms. The molecule has 8 heteroatoms. The summed E-state index contributed by atoms with van der Waals surface area (Å²) in [6.45, 7) is 1.28. The topological polar surface area (TPSA) is 72.5 Å². The molecule has 0 aliphatic heterocycles. The van der Waals surface area contributed by atoms with Crippen LogP contribution in [0.1, 0.15) is 15.7 Å². The Morgan fingerprint density at radius 3 is 2.71 bits per heavy atom. The van der Waals surface area contributed by atoms with E-state index in [4.69, 9.17) is 4.74 Å². The molecule has 1 atom stereocenters. The highest BCUT2D eigenvalue weighted by molar-refractivity contribution is 7.91. The summed E-state index contributed by atoms with van der Waals surface area (Å²) >= 11 is 1.29. The molecule has 0 aliphatic rings. The smallest absolute Gasteiger partial charge is 0.246 e. The molecular formula is C16H18FNO4S2. The van der Waals surface area contributed by atoms with Crippen molar-refractivity contribution in [1.29, 1.82) is 0 Å². The minimum Gasteiger partial charge on any atom is -0.375 e. The lowest BCUT2D eigenvalue weighted by Gasteiger charge is -2.18. The molecule has 5 nitrogen and oxygen atoms in total. The van der Waals surface area contributed by atoms with Crippen LogP contribution < -0.4 is 5.32 Å². The van der Waals surface area contributed by atoms with E-state index in [2.05, 4.69) is 5.32 Å². The zero-order chi connectivity index (χ0) is 17.7. The first-order chi connectivity index (χ1) is 11.4. The molecular weight excluding hydrogens is 353 g/mol. The number of hydrogen-bond donors (Lipinski definition) is 1. The van der Waals surface area contributed by atoms with E-state index in [0.29, 0.717) is 4.88 Å². The van der Waals surface area contributed by atoms with Crippen molar-refractivity contribution in [3.63, 3.8) is 0 Å². The number of halogens is 1. The molecule has 0 fully saturated rings. The van der Waals surface area contributed by atoms with E-state index >= 15 is 0 Å². The number of carbonyl (C=O) groups is 1. The first kappa shape index (κ1) is 18.6. The third-order valence-corrected chi connectivity index (χ3v) is 6.67. The molecule has 2 rings (SSSR count). The molecule has 1 N–H and O–H groups in total. The predicted octanol–water partition coefficient (Wildman–Crippen LogP) is 2.47. The Labute approximate surface area is 144 Å². The molecule has 0 radical (unpaired) electrons. The molecule has 1 aromatic heterocycles. The van der Waals surface area contributed by atoms with Gasteiger partial charge in [-0.2, -0.15) is 0 Å². The summed E-state index contributed by atoms with van der Waals surface area (Å²) in [5, 5.41) is 3.39. The lowest BCUT2D eigenvalue weighted by molar-refractivity contribution is -0.124. The van der Waals surface area contributed by atoms with Crippen molar-refractivity contribution in [1.82, 2.24) is 5.32 Å². The van der Waals surface area contributed by atoms with Gasteiger partial charge in [-0.25, -0.2) is 12.8 Å². The average Bonchev–Trinajstić information content (AvgIpc) is 3.04. The van der Waals surface area contributed by atoms with Crippen LogP contribution in [0.3, 0.4) is 0 Å². The lowest BCUT2D eigenvalue weighted by atomic mass is 10.2. The van der Waals surface area contributed by atoms with Gasteiger partial charge in [-0.15, -0.1) is 11.3 Å². The fourth-order valence-electron chi connectivity index (χ4n) is 2.18. The van der Waals surface area contributed by atoms with Crippen molar-refractivity contribution in [2.45, 2.75) is 17.1 Å². The largest absolute Gasteiger partial charge is 0.375 e. The predicted molar refractivity (Wildman–Crippen MR) is 90.3 cm³/mol. The second-order valence-electron chi connectivity index (χ2n) is 5.20. The Balaban J connectivity index is 2.34. The Morgan fingerprint density at radius 1 is 1.38 bits per heavy atom. The summed E-state index contributed by atoms with van der Waals surface area (Å²) in [5.41, 5.74) is 0.254. The number of amides is 1. The van der Waals surface area contributed by atoms with E-state index in [1.807, 2.05) is 0 Å². The summed E-state index contributed by atoms with van der Waals surface area (Å²) in [4.78, 5) is 12.2. The van der Waals surface area contributed by atoms with E-state index in [-0.39, 0.29) is 23.6 Å². The molecule has 0 saturated carbocycles. The monoisotopic (exact) mass is 371 g/mol. The Kier molecular flexibility index (Phi) is 6.09.